The maximum absolute atomic E-state index is 13.0. The van der Waals surface area contributed by atoms with Crippen LogP contribution in [0, 0.1) is 12.7 Å². The molecule has 0 aliphatic heterocycles. The second-order valence-corrected chi connectivity index (χ2v) is 4.31. The molecule has 94 valence electrons. The first kappa shape index (κ1) is 12.8. The van der Waals surface area contributed by atoms with E-state index in [1.165, 1.54) is 12.1 Å². The van der Waals surface area contributed by atoms with Crippen LogP contribution in [0.1, 0.15) is 11.3 Å². The monoisotopic (exact) mass is 265 g/mol. The van der Waals surface area contributed by atoms with Gasteiger partial charge in [0.05, 0.1) is 0 Å². The summed E-state index contributed by atoms with van der Waals surface area (Å²) >= 11 is 5.76. The number of nitrogens with one attached hydrogen (secondary N) is 1. The van der Waals surface area contributed by atoms with E-state index in [0.717, 1.165) is 17.7 Å². The molecule has 0 saturated heterocycles. The second kappa shape index (κ2) is 5.78. The number of halogens is 2. The maximum Gasteiger partial charge on any atom is 0.224 e. The predicted octanol–water partition coefficient (Wildman–Crippen LogP) is 3.23. The standard InChI is InChI=1S/C13H13ClFN3/c1-9-7-12(18-13(14)17-9)16-6-5-10-3-2-4-11(15)8-10/h2-4,7-8H,5-6H2,1H3,(H,16,17,18). The van der Waals surface area contributed by atoms with Gasteiger partial charge in [-0.2, -0.15) is 0 Å². The average molecular weight is 266 g/mol. The third-order valence-electron chi connectivity index (χ3n) is 2.44. The zero-order chi connectivity index (χ0) is 13.0. The molecule has 0 radical (unpaired) electrons. The predicted molar refractivity (Wildman–Crippen MR) is 70.4 cm³/mol. The van der Waals surface area contributed by atoms with Crippen LogP contribution in [-0.2, 0) is 6.42 Å². The number of nitrogens with zero attached hydrogens (tertiary/aromatic N) is 2. The zero-order valence-electron chi connectivity index (χ0n) is 9.95. The summed E-state index contributed by atoms with van der Waals surface area (Å²) in [5.41, 5.74) is 1.75. The fourth-order valence-corrected chi connectivity index (χ4v) is 1.87. The van der Waals surface area contributed by atoms with Crippen molar-refractivity contribution in [1.29, 1.82) is 0 Å². The number of benzene rings is 1. The first-order chi connectivity index (χ1) is 8.63. The molecule has 1 aromatic heterocycles. The van der Waals surface area contributed by atoms with Crippen molar-refractivity contribution < 1.29 is 4.39 Å². The largest absolute Gasteiger partial charge is 0.370 e. The highest BCUT2D eigenvalue weighted by atomic mass is 35.5. The molecule has 1 N–H and O–H groups in total. The highest BCUT2D eigenvalue weighted by Crippen LogP contribution is 2.10. The maximum atomic E-state index is 13.0. The van der Waals surface area contributed by atoms with Gasteiger partial charge in [-0.05, 0) is 42.6 Å². The summed E-state index contributed by atoms with van der Waals surface area (Å²) in [6.07, 6.45) is 0.721. The fraction of sp³-hybridized carbons (Fsp3) is 0.231. The minimum absolute atomic E-state index is 0.214. The van der Waals surface area contributed by atoms with E-state index < -0.39 is 0 Å². The average Bonchev–Trinajstić information content (AvgIpc) is 2.27. The van der Waals surface area contributed by atoms with E-state index in [0.29, 0.717) is 12.4 Å². The van der Waals surface area contributed by atoms with Gasteiger partial charge in [-0.25, -0.2) is 14.4 Å². The third kappa shape index (κ3) is 3.67. The van der Waals surface area contributed by atoms with Gasteiger partial charge in [0.25, 0.3) is 0 Å². The molecule has 2 rings (SSSR count). The van der Waals surface area contributed by atoms with Gasteiger partial charge < -0.3 is 5.32 Å². The Bertz CT molecular complexity index is 525. The molecule has 0 atom stereocenters. The molecule has 1 aromatic carbocycles. The van der Waals surface area contributed by atoms with Crippen LogP contribution >= 0.6 is 11.6 Å². The molecule has 0 unspecified atom stereocenters. The van der Waals surface area contributed by atoms with Gasteiger partial charge in [-0.1, -0.05) is 12.1 Å². The van der Waals surface area contributed by atoms with Crippen LogP contribution in [0.15, 0.2) is 30.3 Å². The molecule has 0 fully saturated rings. The lowest BCUT2D eigenvalue weighted by molar-refractivity contribution is 0.625. The van der Waals surface area contributed by atoms with Crippen LogP contribution in [0.25, 0.3) is 0 Å². The van der Waals surface area contributed by atoms with Gasteiger partial charge in [0, 0.05) is 18.3 Å². The van der Waals surface area contributed by atoms with Gasteiger partial charge in [-0.3, -0.25) is 0 Å². The Morgan fingerprint density at radius 2 is 2.11 bits per heavy atom. The van der Waals surface area contributed by atoms with Crippen LogP contribution in [0.4, 0.5) is 10.2 Å². The number of aromatic nitrogens is 2. The first-order valence-electron chi connectivity index (χ1n) is 5.63. The third-order valence-corrected chi connectivity index (χ3v) is 2.60. The zero-order valence-corrected chi connectivity index (χ0v) is 10.7. The number of anilines is 1. The van der Waals surface area contributed by atoms with Crippen molar-refractivity contribution in [2.75, 3.05) is 11.9 Å². The highest BCUT2D eigenvalue weighted by Gasteiger charge is 2.00. The number of hydrogen-bond donors (Lipinski definition) is 1. The molecule has 2 aromatic rings. The summed E-state index contributed by atoms with van der Waals surface area (Å²) in [5.74, 6) is 0.470. The van der Waals surface area contributed by atoms with E-state index in [1.807, 2.05) is 19.1 Å². The Morgan fingerprint density at radius 3 is 2.83 bits per heavy atom. The van der Waals surface area contributed by atoms with E-state index in [2.05, 4.69) is 15.3 Å². The van der Waals surface area contributed by atoms with Crippen molar-refractivity contribution in [2.24, 2.45) is 0 Å². The molecular weight excluding hydrogens is 253 g/mol. The molecule has 0 amide bonds. The molecule has 1 heterocycles. The van der Waals surface area contributed by atoms with Crippen molar-refractivity contribution in [1.82, 2.24) is 9.97 Å². The van der Waals surface area contributed by atoms with Gasteiger partial charge in [0.1, 0.15) is 11.6 Å². The lowest BCUT2D eigenvalue weighted by Gasteiger charge is -2.06. The van der Waals surface area contributed by atoms with Crippen molar-refractivity contribution in [3.63, 3.8) is 0 Å². The lowest BCUT2D eigenvalue weighted by Crippen LogP contribution is -2.07. The van der Waals surface area contributed by atoms with Crippen LogP contribution in [-0.4, -0.2) is 16.5 Å². The molecule has 0 spiro atoms. The van der Waals surface area contributed by atoms with Crippen molar-refractivity contribution >= 4 is 17.4 Å². The van der Waals surface area contributed by atoms with Gasteiger partial charge in [-0.15, -0.1) is 0 Å². The Kier molecular flexibility index (Phi) is 4.10. The SMILES string of the molecule is Cc1cc(NCCc2cccc(F)c2)nc(Cl)n1. The number of hydrogen-bond acceptors (Lipinski definition) is 3. The summed E-state index contributed by atoms with van der Waals surface area (Å²) in [7, 11) is 0. The first-order valence-corrected chi connectivity index (χ1v) is 6.01. The summed E-state index contributed by atoms with van der Waals surface area (Å²) in [6.45, 7) is 2.52. The van der Waals surface area contributed by atoms with Crippen molar-refractivity contribution in [2.45, 2.75) is 13.3 Å². The summed E-state index contributed by atoms with van der Waals surface area (Å²) in [6, 6.07) is 8.38. The van der Waals surface area contributed by atoms with E-state index in [4.69, 9.17) is 11.6 Å². The topological polar surface area (TPSA) is 37.8 Å². The van der Waals surface area contributed by atoms with Crippen LogP contribution in [0.3, 0.4) is 0 Å². The summed E-state index contributed by atoms with van der Waals surface area (Å²) < 4.78 is 13.0. The fourth-order valence-electron chi connectivity index (χ4n) is 1.65. The number of aryl methyl sites for hydroxylation is 1. The molecular formula is C13H13ClFN3. The Labute approximate surface area is 110 Å². The molecule has 0 aliphatic carbocycles. The molecule has 3 nitrogen and oxygen atoms in total. The molecule has 18 heavy (non-hydrogen) atoms. The Balaban J connectivity index is 1.92. The quantitative estimate of drug-likeness (QED) is 0.863. The molecule has 0 bridgehead atoms. The normalized spacial score (nSPS) is 10.4. The van der Waals surface area contributed by atoms with E-state index in [9.17, 15) is 4.39 Å². The summed E-state index contributed by atoms with van der Waals surface area (Å²) in [4.78, 5) is 8.03. The van der Waals surface area contributed by atoms with Crippen molar-refractivity contribution in [3.05, 3.63) is 52.7 Å². The molecule has 0 saturated carbocycles. The van der Waals surface area contributed by atoms with E-state index in [1.54, 1.807) is 6.07 Å². The minimum atomic E-state index is -0.214. The summed E-state index contributed by atoms with van der Waals surface area (Å²) in [5, 5.41) is 3.36. The lowest BCUT2D eigenvalue weighted by atomic mass is 10.1. The van der Waals surface area contributed by atoms with Gasteiger partial charge in [0.2, 0.25) is 5.28 Å². The van der Waals surface area contributed by atoms with Crippen molar-refractivity contribution in [3.8, 4) is 0 Å². The van der Waals surface area contributed by atoms with E-state index in [-0.39, 0.29) is 11.1 Å². The van der Waals surface area contributed by atoms with Crippen LogP contribution < -0.4 is 5.32 Å². The Hall–Kier alpha value is -1.68. The Morgan fingerprint density at radius 1 is 1.28 bits per heavy atom. The highest BCUT2D eigenvalue weighted by molar-refractivity contribution is 6.28. The second-order valence-electron chi connectivity index (χ2n) is 3.97. The molecule has 5 heteroatoms. The minimum Gasteiger partial charge on any atom is -0.370 e. The van der Waals surface area contributed by atoms with Crippen LogP contribution in [0.5, 0.6) is 0 Å². The van der Waals surface area contributed by atoms with Gasteiger partial charge >= 0.3 is 0 Å². The molecule has 0 aliphatic rings. The van der Waals surface area contributed by atoms with Crippen LogP contribution in [0.2, 0.25) is 5.28 Å². The smallest absolute Gasteiger partial charge is 0.224 e. The van der Waals surface area contributed by atoms with Gasteiger partial charge in [0.15, 0.2) is 0 Å². The number of rotatable bonds is 4. The van der Waals surface area contributed by atoms with E-state index >= 15 is 0 Å².